The minimum absolute atomic E-state index is 0. The van der Waals surface area contributed by atoms with Crippen molar-refractivity contribution in [3.8, 4) is 5.75 Å². The fourth-order valence-corrected chi connectivity index (χ4v) is 1.65. The summed E-state index contributed by atoms with van der Waals surface area (Å²) >= 11 is 0. The molecule has 6 heteroatoms. The maximum atomic E-state index is 11.6. The first-order valence-corrected chi connectivity index (χ1v) is 5.23. The van der Waals surface area contributed by atoms with Gasteiger partial charge in [-0.15, -0.1) is 24.8 Å². The van der Waals surface area contributed by atoms with Gasteiger partial charge in [0.1, 0.15) is 0 Å². The number of rotatable bonds is 1. The highest BCUT2D eigenvalue weighted by atomic mass is 35.5. The van der Waals surface area contributed by atoms with Crippen LogP contribution in [0, 0.1) is 0 Å². The number of pyridine rings is 1. The highest BCUT2D eigenvalue weighted by Crippen LogP contribution is 2.13. The molecule has 0 unspecified atom stereocenters. The molecular weight excluding hydrogens is 263 g/mol. The number of hydrogen-bond acceptors (Lipinski definition) is 3. The van der Waals surface area contributed by atoms with E-state index in [1.807, 2.05) is 0 Å². The van der Waals surface area contributed by atoms with E-state index in [-0.39, 0.29) is 30.9 Å². The molecule has 1 saturated heterocycles. The van der Waals surface area contributed by atoms with E-state index >= 15 is 0 Å². The highest BCUT2D eigenvalue weighted by Gasteiger charge is 2.17. The monoisotopic (exact) mass is 278 g/mol. The molecule has 1 aromatic heterocycles. The summed E-state index contributed by atoms with van der Waals surface area (Å²) in [5.41, 5.74) is 0. The van der Waals surface area contributed by atoms with Crippen molar-refractivity contribution in [1.29, 1.82) is 0 Å². The third kappa shape index (κ3) is 4.79. The van der Waals surface area contributed by atoms with E-state index in [1.165, 1.54) is 6.42 Å². The number of carbonyl (C=O) groups excluding carboxylic acids is 1. The summed E-state index contributed by atoms with van der Waals surface area (Å²) in [7, 11) is 0. The quantitative estimate of drug-likeness (QED) is 0.793. The molecule has 1 fully saturated rings. The van der Waals surface area contributed by atoms with Crippen LogP contribution in [0.1, 0.15) is 19.3 Å². The van der Waals surface area contributed by atoms with Gasteiger partial charge in [0.15, 0.2) is 5.75 Å². The van der Waals surface area contributed by atoms with E-state index < -0.39 is 0 Å². The molecule has 1 aromatic rings. The van der Waals surface area contributed by atoms with E-state index in [2.05, 4.69) is 4.98 Å². The minimum Gasteiger partial charge on any atom is -0.409 e. The fraction of sp³-hybridized carbons (Fsp3) is 0.455. The van der Waals surface area contributed by atoms with Gasteiger partial charge in [0, 0.05) is 19.3 Å². The van der Waals surface area contributed by atoms with Crippen molar-refractivity contribution in [1.82, 2.24) is 9.88 Å². The number of amides is 1. The van der Waals surface area contributed by atoms with Crippen molar-refractivity contribution in [3.05, 3.63) is 24.5 Å². The second-order valence-electron chi connectivity index (χ2n) is 3.60. The topological polar surface area (TPSA) is 42.4 Å². The molecule has 0 spiro atoms. The Kier molecular flexibility index (Phi) is 7.66. The second kappa shape index (κ2) is 8.14. The Bertz CT molecular complexity index is 330. The first kappa shape index (κ1) is 16.0. The lowest BCUT2D eigenvalue weighted by atomic mass is 10.1. The predicted octanol–water partition coefficient (Wildman–Crippen LogP) is 2.91. The zero-order valence-corrected chi connectivity index (χ0v) is 11.0. The normalized spacial score (nSPS) is 14.2. The summed E-state index contributed by atoms with van der Waals surface area (Å²) in [6.07, 6.45) is 6.28. The molecule has 0 N–H and O–H groups in total. The van der Waals surface area contributed by atoms with E-state index in [1.54, 1.807) is 29.4 Å². The Morgan fingerprint density at radius 2 is 1.94 bits per heavy atom. The van der Waals surface area contributed by atoms with Crippen molar-refractivity contribution in [2.24, 2.45) is 0 Å². The molecule has 17 heavy (non-hydrogen) atoms. The molecule has 0 bridgehead atoms. The van der Waals surface area contributed by atoms with Crippen LogP contribution < -0.4 is 4.74 Å². The first-order valence-electron chi connectivity index (χ1n) is 5.23. The van der Waals surface area contributed by atoms with Gasteiger partial charge >= 0.3 is 6.09 Å². The Labute approximate surface area is 113 Å². The fourth-order valence-electron chi connectivity index (χ4n) is 1.65. The first-order chi connectivity index (χ1) is 7.36. The third-order valence-electron chi connectivity index (χ3n) is 2.45. The van der Waals surface area contributed by atoms with Crippen LogP contribution in [0.25, 0.3) is 0 Å². The number of piperidine rings is 1. The van der Waals surface area contributed by atoms with Crippen LogP contribution in [0.15, 0.2) is 24.5 Å². The van der Waals surface area contributed by atoms with Crippen LogP contribution in [0.2, 0.25) is 0 Å². The van der Waals surface area contributed by atoms with E-state index in [0.29, 0.717) is 5.75 Å². The van der Waals surface area contributed by atoms with Crippen LogP contribution in [0.4, 0.5) is 4.79 Å². The van der Waals surface area contributed by atoms with E-state index in [9.17, 15) is 4.79 Å². The number of halogens is 2. The maximum Gasteiger partial charge on any atom is 0.415 e. The zero-order chi connectivity index (χ0) is 10.5. The number of ether oxygens (including phenoxy) is 1. The molecule has 0 radical (unpaired) electrons. The van der Waals surface area contributed by atoms with Gasteiger partial charge < -0.3 is 9.64 Å². The largest absolute Gasteiger partial charge is 0.415 e. The molecule has 0 saturated carbocycles. The Morgan fingerprint density at radius 1 is 1.24 bits per heavy atom. The SMILES string of the molecule is Cl.Cl.O=C(Oc1cccnc1)N1CCCCC1. The average molecular weight is 279 g/mol. The third-order valence-corrected chi connectivity index (χ3v) is 2.45. The molecule has 96 valence electrons. The number of hydrogen-bond donors (Lipinski definition) is 0. The molecule has 1 amide bonds. The summed E-state index contributed by atoms with van der Waals surface area (Å²) in [6, 6.07) is 3.48. The summed E-state index contributed by atoms with van der Waals surface area (Å²) in [6.45, 7) is 1.61. The minimum atomic E-state index is -0.261. The van der Waals surface area contributed by atoms with Gasteiger partial charge in [0.25, 0.3) is 0 Å². The van der Waals surface area contributed by atoms with Crippen molar-refractivity contribution in [3.63, 3.8) is 0 Å². The number of carbonyl (C=O) groups is 1. The van der Waals surface area contributed by atoms with Crippen molar-refractivity contribution >= 4 is 30.9 Å². The van der Waals surface area contributed by atoms with Crippen molar-refractivity contribution < 1.29 is 9.53 Å². The number of likely N-dealkylation sites (tertiary alicyclic amines) is 1. The summed E-state index contributed by atoms with van der Waals surface area (Å²) in [5, 5.41) is 0. The molecule has 4 nitrogen and oxygen atoms in total. The molecule has 1 aliphatic heterocycles. The zero-order valence-electron chi connectivity index (χ0n) is 9.37. The standard InChI is InChI=1S/C11H14N2O2.2ClH/c14-11(13-7-2-1-3-8-13)15-10-5-4-6-12-9-10;;/h4-6,9H,1-3,7-8H2;2*1H. The second-order valence-corrected chi connectivity index (χ2v) is 3.60. The lowest BCUT2D eigenvalue weighted by molar-refractivity contribution is 0.142. The van der Waals surface area contributed by atoms with Gasteiger partial charge in [0.2, 0.25) is 0 Å². The highest BCUT2D eigenvalue weighted by molar-refractivity contribution is 5.85. The molecular formula is C11H16Cl2N2O2. The van der Waals surface area contributed by atoms with E-state index in [0.717, 1.165) is 25.9 Å². The summed E-state index contributed by atoms with van der Waals surface area (Å²) in [5.74, 6) is 0.507. The van der Waals surface area contributed by atoms with Gasteiger partial charge in [0.05, 0.1) is 6.20 Å². The van der Waals surface area contributed by atoms with Crippen LogP contribution in [-0.2, 0) is 0 Å². The average Bonchev–Trinajstić information content (AvgIpc) is 2.31. The molecule has 0 aromatic carbocycles. The van der Waals surface area contributed by atoms with Crippen molar-refractivity contribution in [2.45, 2.75) is 19.3 Å². The van der Waals surface area contributed by atoms with Gasteiger partial charge in [-0.2, -0.15) is 0 Å². The maximum absolute atomic E-state index is 11.6. The Balaban J connectivity index is 0.00000128. The van der Waals surface area contributed by atoms with Gasteiger partial charge in [-0.25, -0.2) is 4.79 Å². The molecule has 2 rings (SSSR count). The Hall–Kier alpha value is -1.00. The predicted molar refractivity (Wildman–Crippen MR) is 70.2 cm³/mol. The molecule has 2 heterocycles. The number of aromatic nitrogens is 1. The summed E-state index contributed by atoms with van der Waals surface area (Å²) in [4.78, 5) is 17.3. The van der Waals surface area contributed by atoms with Gasteiger partial charge in [-0.1, -0.05) is 0 Å². The smallest absolute Gasteiger partial charge is 0.409 e. The Morgan fingerprint density at radius 3 is 2.53 bits per heavy atom. The van der Waals surface area contributed by atoms with Crippen LogP contribution in [0.3, 0.4) is 0 Å². The molecule has 0 aliphatic carbocycles. The molecule has 0 atom stereocenters. The summed E-state index contributed by atoms with van der Waals surface area (Å²) < 4.78 is 5.18. The van der Waals surface area contributed by atoms with Crippen molar-refractivity contribution in [2.75, 3.05) is 13.1 Å². The van der Waals surface area contributed by atoms with Crippen LogP contribution >= 0.6 is 24.8 Å². The lowest BCUT2D eigenvalue weighted by Crippen LogP contribution is -2.37. The van der Waals surface area contributed by atoms with Gasteiger partial charge in [-0.3, -0.25) is 4.98 Å². The van der Waals surface area contributed by atoms with E-state index in [4.69, 9.17) is 4.74 Å². The van der Waals surface area contributed by atoms with Gasteiger partial charge in [-0.05, 0) is 31.4 Å². The number of nitrogens with zero attached hydrogens (tertiary/aromatic N) is 2. The van der Waals surface area contributed by atoms with Crippen LogP contribution in [0.5, 0.6) is 5.75 Å². The van der Waals surface area contributed by atoms with Crippen LogP contribution in [-0.4, -0.2) is 29.1 Å². The molecule has 1 aliphatic rings. The lowest BCUT2D eigenvalue weighted by Gasteiger charge is -2.25.